The maximum Gasteiger partial charge on any atom is 0.250 e. The number of benzene rings is 1. The van der Waals surface area contributed by atoms with Crippen LogP contribution < -0.4 is 10.1 Å². The standard InChI is InChI=1S/C14H19BrClNO3/c1-5-19-13-10(15)6-9(16)7-11(13)17-12(18)8-20-14(2,3)4/h6-7H,5,8H2,1-4H3,(H,17,18). The van der Waals surface area contributed by atoms with Gasteiger partial charge in [0.15, 0.2) is 5.75 Å². The van der Waals surface area contributed by atoms with E-state index in [2.05, 4.69) is 21.2 Å². The first-order valence-corrected chi connectivity index (χ1v) is 7.45. The molecule has 0 aliphatic rings. The summed E-state index contributed by atoms with van der Waals surface area (Å²) < 4.78 is 11.6. The van der Waals surface area contributed by atoms with Gasteiger partial charge >= 0.3 is 0 Å². The highest BCUT2D eigenvalue weighted by Crippen LogP contribution is 2.36. The number of anilines is 1. The molecule has 0 heterocycles. The number of hydrogen-bond donors (Lipinski definition) is 1. The molecule has 1 N–H and O–H groups in total. The van der Waals surface area contributed by atoms with Crippen molar-refractivity contribution in [1.29, 1.82) is 0 Å². The summed E-state index contributed by atoms with van der Waals surface area (Å²) in [7, 11) is 0. The number of hydrogen-bond acceptors (Lipinski definition) is 3. The van der Waals surface area contributed by atoms with Crippen LogP contribution in [0.5, 0.6) is 5.75 Å². The maximum absolute atomic E-state index is 11.9. The van der Waals surface area contributed by atoms with Gasteiger partial charge in [0, 0.05) is 5.02 Å². The summed E-state index contributed by atoms with van der Waals surface area (Å²) in [6, 6.07) is 3.36. The SMILES string of the molecule is CCOc1c(Br)cc(Cl)cc1NC(=O)COC(C)(C)C. The molecule has 1 rings (SSSR count). The van der Waals surface area contributed by atoms with E-state index < -0.39 is 0 Å². The van der Waals surface area contributed by atoms with Crippen LogP contribution in [-0.4, -0.2) is 24.7 Å². The highest BCUT2D eigenvalue weighted by atomic mass is 79.9. The third-order valence-electron chi connectivity index (χ3n) is 2.21. The smallest absolute Gasteiger partial charge is 0.250 e. The molecule has 0 bridgehead atoms. The molecule has 20 heavy (non-hydrogen) atoms. The zero-order valence-electron chi connectivity index (χ0n) is 12.0. The van der Waals surface area contributed by atoms with Crippen molar-refractivity contribution in [2.75, 3.05) is 18.5 Å². The average Bonchev–Trinajstić information content (AvgIpc) is 2.30. The van der Waals surface area contributed by atoms with Crippen LogP contribution >= 0.6 is 27.5 Å². The van der Waals surface area contributed by atoms with E-state index in [0.717, 1.165) is 0 Å². The molecule has 1 aromatic carbocycles. The second kappa shape index (κ2) is 7.29. The first-order valence-electron chi connectivity index (χ1n) is 6.28. The topological polar surface area (TPSA) is 47.6 Å². The van der Waals surface area contributed by atoms with Gasteiger partial charge in [-0.2, -0.15) is 0 Å². The van der Waals surface area contributed by atoms with E-state index in [4.69, 9.17) is 21.1 Å². The Morgan fingerprint density at radius 2 is 2.05 bits per heavy atom. The summed E-state index contributed by atoms with van der Waals surface area (Å²) in [4.78, 5) is 11.9. The van der Waals surface area contributed by atoms with Gasteiger partial charge in [-0.1, -0.05) is 11.6 Å². The van der Waals surface area contributed by atoms with E-state index in [0.29, 0.717) is 27.5 Å². The quantitative estimate of drug-likeness (QED) is 0.849. The molecule has 0 aliphatic heterocycles. The number of carbonyl (C=O) groups is 1. The van der Waals surface area contributed by atoms with Crippen molar-refractivity contribution >= 4 is 39.1 Å². The molecule has 0 aliphatic carbocycles. The Bertz CT molecular complexity index is 486. The molecule has 112 valence electrons. The fraction of sp³-hybridized carbons (Fsp3) is 0.500. The predicted molar refractivity (Wildman–Crippen MR) is 84.7 cm³/mol. The van der Waals surface area contributed by atoms with Gasteiger partial charge in [0.2, 0.25) is 0 Å². The summed E-state index contributed by atoms with van der Waals surface area (Å²) in [6.45, 7) is 8.00. The molecule has 0 spiro atoms. The van der Waals surface area contributed by atoms with Gasteiger partial charge in [-0.3, -0.25) is 4.79 Å². The first-order chi connectivity index (χ1) is 9.23. The lowest BCUT2D eigenvalue weighted by atomic mass is 10.2. The molecule has 0 radical (unpaired) electrons. The highest BCUT2D eigenvalue weighted by molar-refractivity contribution is 9.10. The van der Waals surface area contributed by atoms with Crippen LogP contribution in [0.1, 0.15) is 27.7 Å². The molecule has 6 heteroatoms. The van der Waals surface area contributed by atoms with Crippen LogP contribution in [0.3, 0.4) is 0 Å². The number of halogens is 2. The molecule has 0 saturated heterocycles. The number of nitrogens with one attached hydrogen (secondary N) is 1. The fourth-order valence-corrected chi connectivity index (χ4v) is 2.34. The monoisotopic (exact) mass is 363 g/mol. The minimum absolute atomic E-state index is 0.0286. The lowest BCUT2D eigenvalue weighted by Crippen LogP contribution is -2.27. The summed E-state index contributed by atoms with van der Waals surface area (Å²) in [5.74, 6) is 0.302. The van der Waals surface area contributed by atoms with Crippen molar-refractivity contribution in [3.05, 3.63) is 21.6 Å². The van der Waals surface area contributed by atoms with Crippen LogP contribution in [0, 0.1) is 0 Å². The molecule has 4 nitrogen and oxygen atoms in total. The minimum atomic E-state index is -0.366. The van der Waals surface area contributed by atoms with Crippen LogP contribution in [0.2, 0.25) is 5.02 Å². The van der Waals surface area contributed by atoms with Crippen LogP contribution in [0.4, 0.5) is 5.69 Å². The van der Waals surface area contributed by atoms with E-state index >= 15 is 0 Å². The van der Waals surface area contributed by atoms with E-state index in [-0.39, 0.29) is 18.1 Å². The van der Waals surface area contributed by atoms with Gasteiger partial charge in [0.1, 0.15) is 6.61 Å². The molecule has 1 aromatic rings. The van der Waals surface area contributed by atoms with E-state index in [1.807, 2.05) is 27.7 Å². The Labute approximate surface area is 132 Å². The molecule has 0 unspecified atom stereocenters. The molecular weight excluding hydrogens is 346 g/mol. The van der Waals surface area contributed by atoms with Crippen molar-refractivity contribution in [2.45, 2.75) is 33.3 Å². The second-order valence-electron chi connectivity index (χ2n) is 5.15. The van der Waals surface area contributed by atoms with E-state index in [9.17, 15) is 4.79 Å². The molecule has 0 saturated carbocycles. The highest BCUT2D eigenvalue weighted by Gasteiger charge is 2.16. The van der Waals surface area contributed by atoms with Crippen molar-refractivity contribution in [3.63, 3.8) is 0 Å². The first kappa shape index (κ1) is 17.3. The van der Waals surface area contributed by atoms with Crippen LogP contribution in [-0.2, 0) is 9.53 Å². The molecule has 1 amide bonds. The zero-order valence-corrected chi connectivity index (χ0v) is 14.4. The fourth-order valence-electron chi connectivity index (χ4n) is 1.41. The van der Waals surface area contributed by atoms with Gasteiger partial charge in [0.25, 0.3) is 5.91 Å². The maximum atomic E-state index is 11.9. The summed E-state index contributed by atoms with van der Waals surface area (Å²) in [6.07, 6.45) is 0. The lowest BCUT2D eigenvalue weighted by molar-refractivity contribution is -0.125. The molecule has 0 aromatic heterocycles. The van der Waals surface area contributed by atoms with Gasteiger partial charge < -0.3 is 14.8 Å². The second-order valence-corrected chi connectivity index (χ2v) is 6.44. The normalized spacial score (nSPS) is 11.3. The molecule has 0 atom stereocenters. The lowest BCUT2D eigenvalue weighted by Gasteiger charge is -2.19. The Morgan fingerprint density at radius 1 is 1.40 bits per heavy atom. The minimum Gasteiger partial charge on any atom is -0.491 e. The van der Waals surface area contributed by atoms with Crippen LogP contribution in [0.25, 0.3) is 0 Å². The summed E-state index contributed by atoms with van der Waals surface area (Å²) in [5, 5.41) is 3.25. The summed E-state index contributed by atoms with van der Waals surface area (Å²) >= 11 is 9.35. The van der Waals surface area contributed by atoms with Crippen LogP contribution in [0.15, 0.2) is 16.6 Å². The van der Waals surface area contributed by atoms with Gasteiger partial charge in [-0.15, -0.1) is 0 Å². The van der Waals surface area contributed by atoms with E-state index in [1.165, 1.54) is 0 Å². The molecular formula is C14H19BrClNO3. The van der Waals surface area contributed by atoms with Gasteiger partial charge in [-0.25, -0.2) is 0 Å². The Kier molecular flexibility index (Phi) is 6.30. The number of amides is 1. The van der Waals surface area contributed by atoms with Gasteiger partial charge in [-0.05, 0) is 55.8 Å². The largest absolute Gasteiger partial charge is 0.491 e. The van der Waals surface area contributed by atoms with E-state index in [1.54, 1.807) is 12.1 Å². The third-order valence-corrected chi connectivity index (χ3v) is 3.01. The number of rotatable bonds is 5. The van der Waals surface area contributed by atoms with Crippen molar-refractivity contribution in [3.8, 4) is 5.75 Å². The Hall–Kier alpha value is -0.780. The zero-order chi connectivity index (χ0) is 15.3. The number of ether oxygens (including phenoxy) is 2. The van der Waals surface area contributed by atoms with Crippen molar-refractivity contribution in [1.82, 2.24) is 0 Å². The third kappa shape index (κ3) is 5.69. The Morgan fingerprint density at radius 3 is 2.60 bits per heavy atom. The van der Waals surface area contributed by atoms with Crippen molar-refractivity contribution < 1.29 is 14.3 Å². The summed E-state index contributed by atoms with van der Waals surface area (Å²) in [5.41, 5.74) is 0.156. The molecule has 0 fully saturated rings. The average molecular weight is 365 g/mol. The number of carbonyl (C=O) groups excluding carboxylic acids is 1. The Balaban J connectivity index is 2.83. The predicted octanol–water partition coefficient (Wildman–Crippen LogP) is 4.25. The van der Waals surface area contributed by atoms with Gasteiger partial charge in [0.05, 0.1) is 22.4 Å². The van der Waals surface area contributed by atoms with Crippen molar-refractivity contribution in [2.24, 2.45) is 0 Å².